The van der Waals surface area contributed by atoms with Crippen LogP contribution >= 0.6 is 12.4 Å². The smallest absolute Gasteiger partial charge is 0.225 e. The Morgan fingerprint density at radius 1 is 1.07 bits per heavy atom. The fourth-order valence-electron chi connectivity index (χ4n) is 3.51. The van der Waals surface area contributed by atoms with E-state index in [1.54, 1.807) is 4.90 Å². The second kappa shape index (κ2) is 11.6. The minimum atomic E-state index is -0.232. The topological polar surface area (TPSA) is 84.7 Å². The summed E-state index contributed by atoms with van der Waals surface area (Å²) in [5, 5.41) is 3.00. The van der Waals surface area contributed by atoms with Crippen molar-refractivity contribution in [1.29, 1.82) is 0 Å². The molecular weight excluding hydrogens is 402 g/mol. The second-order valence-electron chi connectivity index (χ2n) is 7.60. The number of halogens is 1. The van der Waals surface area contributed by atoms with Crippen LogP contribution in [0.4, 0.5) is 0 Å². The molecule has 3 rings (SSSR count). The standard InChI is InChI=1S/C23H29N3O3.ClH/c1-17(27)26-14-20(10-11-21(24)15-26)23(28)25-13-19-8-5-9-22(12-19)29-16-18-6-3-2-4-7-18;/h2-9,12,20-21H,10-11,13-16,24H2,1H3,(H,25,28);1H/t20-,21+;/m1./s1. The Bertz CT molecular complexity index is 831. The van der Waals surface area contributed by atoms with Crippen molar-refractivity contribution in [2.24, 2.45) is 11.7 Å². The third-order valence-electron chi connectivity index (χ3n) is 5.21. The molecular formula is C23H30ClN3O3. The average molecular weight is 432 g/mol. The van der Waals surface area contributed by atoms with Crippen LogP contribution in [-0.2, 0) is 22.7 Å². The van der Waals surface area contributed by atoms with E-state index in [-0.39, 0.29) is 36.2 Å². The normalized spacial score (nSPS) is 18.7. The summed E-state index contributed by atoms with van der Waals surface area (Å²) in [5.41, 5.74) is 8.11. The number of amides is 2. The van der Waals surface area contributed by atoms with E-state index in [1.807, 2.05) is 54.6 Å². The number of carbonyl (C=O) groups is 2. The van der Waals surface area contributed by atoms with E-state index in [9.17, 15) is 9.59 Å². The van der Waals surface area contributed by atoms with Crippen molar-refractivity contribution in [2.75, 3.05) is 13.1 Å². The lowest BCUT2D eigenvalue weighted by Gasteiger charge is -2.23. The van der Waals surface area contributed by atoms with Crippen LogP contribution in [0.15, 0.2) is 54.6 Å². The van der Waals surface area contributed by atoms with Gasteiger partial charge in [-0.25, -0.2) is 0 Å². The molecule has 0 radical (unpaired) electrons. The molecule has 1 aliphatic rings. The predicted octanol–water partition coefficient (Wildman–Crippen LogP) is 2.89. The lowest BCUT2D eigenvalue weighted by Crippen LogP contribution is -2.42. The van der Waals surface area contributed by atoms with Crippen molar-refractivity contribution in [3.05, 3.63) is 65.7 Å². The Morgan fingerprint density at radius 3 is 2.53 bits per heavy atom. The molecule has 2 atom stereocenters. The molecule has 162 valence electrons. The third-order valence-corrected chi connectivity index (χ3v) is 5.21. The lowest BCUT2D eigenvalue weighted by atomic mass is 10.0. The zero-order valence-electron chi connectivity index (χ0n) is 17.3. The van der Waals surface area contributed by atoms with Crippen LogP contribution < -0.4 is 15.8 Å². The molecule has 30 heavy (non-hydrogen) atoms. The lowest BCUT2D eigenvalue weighted by molar-refractivity contribution is -0.131. The maximum atomic E-state index is 12.7. The summed E-state index contributed by atoms with van der Waals surface area (Å²) in [7, 11) is 0. The molecule has 1 fully saturated rings. The van der Waals surface area contributed by atoms with E-state index in [0.717, 1.165) is 23.3 Å². The molecule has 0 aromatic heterocycles. The zero-order chi connectivity index (χ0) is 20.6. The molecule has 1 aliphatic heterocycles. The molecule has 6 nitrogen and oxygen atoms in total. The fourth-order valence-corrected chi connectivity index (χ4v) is 3.51. The molecule has 3 N–H and O–H groups in total. The number of ether oxygens (including phenoxy) is 1. The molecule has 7 heteroatoms. The molecule has 0 spiro atoms. The molecule has 1 heterocycles. The summed E-state index contributed by atoms with van der Waals surface area (Å²) in [5.74, 6) is 0.457. The van der Waals surface area contributed by atoms with Crippen LogP contribution in [0.5, 0.6) is 5.75 Å². The van der Waals surface area contributed by atoms with Gasteiger partial charge in [0.2, 0.25) is 11.8 Å². The highest BCUT2D eigenvalue weighted by Gasteiger charge is 2.28. The van der Waals surface area contributed by atoms with Gasteiger partial charge in [-0.3, -0.25) is 9.59 Å². The van der Waals surface area contributed by atoms with Gasteiger partial charge in [0.15, 0.2) is 0 Å². The van der Waals surface area contributed by atoms with Crippen molar-refractivity contribution in [1.82, 2.24) is 10.2 Å². The van der Waals surface area contributed by atoms with Gasteiger partial charge in [0.25, 0.3) is 0 Å². The fraction of sp³-hybridized carbons (Fsp3) is 0.391. The van der Waals surface area contributed by atoms with Crippen molar-refractivity contribution in [3.63, 3.8) is 0 Å². The monoisotopic (exact) mass is 431 g/mol. The van der Waals surface area contributed by atoms with Gasteiger partial charge in [-0.15, -0.1) is 12.4 Å². The minimum absolute atomic E-state index is 0. The molecule has 0 bridgehead atoms. The number of nitrogens with zero attached hydrogens (tertiary/aromatic N) is 1. The van der Waals surface area contributed by atoms with Crippen LogP contribution in [-0.4, -0.2) is 35.8 Å². The molecule has 0 unspecified atom stereocenters. The molecule has 2 aromatic rings. The Labute approximate surface area is 184 Å². The van der Waals surface area contributed by atoms with Crippen LogP contribution in [0.3, 0.4) is 0 Å². The number of benzene rings is 2. The molecule has 0 saturated carbocycles. The number of hydrogen-bond acceptors (Lipinski definition) is 4. The molecule has 0 aliphatic carbocycles. The highest BCUT2D eigenvalue weighted by molar-refractivity contribution is 5.85. The number of hydrogen-bond donors (Lipinski definition) is 2. The summed E-state index contributed by atoms with van der Waals surface area (Å²) in [4.78, 5) is 26.1. The Hall–Kier alpha value is -2.57. The average Bonchev–Trinajstić information content (AvgIpc) is 2.93. The van der Waals surface area contributed by atoms with Crippen LogP contribution in [0.1, 0.15) is 30.9 Å². The summed E-state index contributed by atoms with van der Waals surface area (Å²) in [6, 6.07) is 17.6. The quantitative estimate of drug-likeness (QED) is 0.736. The Balaban J connectivity index is 0.00000320. The first-order chi connectivity index (χ1) is 14.0. The van der Waals surface area contributed by atoms with E-state index < -0.39 is 0 Å². The van der Waals surface area contributed by atoms with Gasteiger partial charge in [0.05, 0.1) is 5.92 Å². The number of rotatable bonds is 6. The molecule has 2 aromatic carbocycles. The first kappa shape index (κ1) is 23.7. The summed E-state index contributed by atoms with van der Waals surface area (Å²) >= 11 is 0. The van der Waals surface area contributed by atoms with Crippen molar-refractivity contribution in [2.45, 2.75) is 39.0 Å². The first-order valence-electron chi connectivity index (χ1n) is 10.1. The highest BCUT2D eigenvalue weighted by Crippen LogP contribution is 2.18. The SMILES string of the molecule is CC(=O)N1C[C@@H](N)CC[C@@H](C(=O)NCc2cccc(OCc3ccccc3)c2)C1.Cl. The van der Waals surface area contributed by atoms with Crippen molar-refractivity contribution < 1.29 is 14.3 Å². The van der Waals surface area contributed by atoms with Gasteiger partial charge < -0.3 is 20.7 Å². The molecule has 1 saturated heterocycles. The van der Waals surface area contributed by atoms with Crippen molar-refractivity contribution in [3.8, 4) is 5.75 Å². The number of nitrogens with one attached hydrogen (secondary N) is 1. The van der Waals surface area contributed by atoms with Crippen LogP contribution in [0.25, 0.3) is 0 Å². The van der Waals surface area contributed by atoms with E-state index >= 15 is 0 Å². The molecule has 2 amide bonds. The third kappa shape index (κ3) is 7.04. The summed E-state index contributed by atoms with van der Waals surface area (Å²) < 4.78 is 5.85. The Morgan fingerprint density at radius 2 is 1.80 bits per heavy atom. The van der Waals surface area contributed by atoms with E-state index in [2.05, 4.69) is 5.32 Å². The maximum absolute atomic E-state index is 12.7. The van der Waals surface area contributed by atoms with Gasteiger partial charge >= 0.3 is 0 Å². The number of carbonyl (C=O) groups excluding carboxylic acids is 2. The predicted molar refractivity (Wildman–Crippen MR) is 119 cm³/mol. The van der Waals surface area contributed by atoms with Gasteiger partial charge in [-0.2, -0.15) is 0 Å². The van der Waals surface area contributed by atoms with Gasteiger partial charge in [0.1, 0.15) is 12.4 Å². The van der Waals surface area contributed by atoms with E-state index in [0.29, 0.717) is 32.7 Å². The van der Waals surface area contributed by atoms with Gasteiger partial charge in [-0.1, -0.05) is 42.5 Å². The minimum Gasteiger partial charge on any atom is -0.489 e. The van der Waals surface area contributed by atoms with Gasteiger partial charge in [0, 0.05) is 32.6 Å². The summed E-state index contributed by atoms with van der Waals surface area (Å²) in [6.07, 6.45) is 1.43. The van der Waals surface area contributed by atoms with E-state index in [4.69, 9.17) is 10.5 Å². The van der Waals surface area contributed by atoms with Gasteiger partial charge in [-0.05, 0) is 36.1 Å². The van der Waals surface area contributed by atoms with Crippen LogP contribution in [0, 0.1) is 5.92 Å². The summed E-state index contributed by atoms with van der Waals surface area (Å²) in [6.45, 7) is 3.38. The van der Waals surface area contributed by atoms with Crippen molar-refractivity contribution >= 4 is 24.2 Å². The van der Waals surface area contributed by atoms with Crippen LogP contribution in [0.2, 0.25) is 0 Å². The van der Waals surface area contributed by atoms with E-state index in [1.165, 1.54) is 6.92 Å². The first-order valence-corrected chi connectivity index (χ1v) is 10.1. The number of nitrogens with two attached hydrogens (primary N) is 1. The number of likely N-dealkylation sites (tertiary alicyclic amines) is 1. The largest absolute Gasteiger partial charge is 0.489 e. The Kier molecular flexibility index (Phi) is 9.15. The second-order valence-corrected chi connectivity index (χ2v) is 7.60. The maximum Gasteiger partial charge on any atom is 0.225 e. The highest BCUT2D eigenvalue weighted by atomic mass is 35.5. The zero-order valence-corrected chi connectivity index (χ0v) is 18.1.